The van der Waals surface area contributed by atoms with Crippen LogP contribution in [0.1, 0.15) is 40.0 Å². The lowest BCUT2D eigenvalue weighted by Gasteiger charge is -2.40. The molecule has 0 amide bonds. The van der Waals surface area contributed by atoms with E-state index in [0.29, 0.717) is 12.3 Å². The van der Waals surface area contributed by atoms with E-state index in [2.05, 4.69) is 20.8 Å². The Labute approximate surface area is 130 Å². The van der Waals surface area contributed by atoms with Crippen molar-refractivity contribution in [2.45, 2.75) is 50.2 Å². The van der Waals surface area contributed by atoms with Crippen molar-refractivity contribution in [2.24, 2.45) is 17.3 Å². The number of aliphatic carboxylic acids is 1. The summed E-state index contributed by atoms with van der Waals surface area (Å²) < 4.78 is 13.3. The van der Waals surface area contributed by atoms with Gasteiger partial charge in [0.1, 0.15) is 5.82 Å². The van der Waals surface area contributed by atoms with Crippen LogP contribution in [-0.4, -0.2) is 16.3 Å². The highest BCUT2D eigenvalue weighted by molar-refractivity contribution is 8.00. The molecule has 0 spiro atoms. The van der Waals surface area contributed by atoms with Crippen LogP contribution in [0.3, 0.4) is 0 Å². The molecular weight excluding hydrogens is 287 g/mol. The van der Waals surface area contributed by atoms with Gasteiger partial charge in [-0.25, -0.2) is 4.39 Å². The zero-order chi connectivity index (χ0) is 15.6. The topological polar surface area (TPSA) is 37.3 Å². The molecule has 4 heteroatoms. The fraction of sp³-hybridized carbons (Fsp3) is 0.588. The molecular formula is C17H23FO2S. The largest absolute Gasteiger partial charge is 0.481 e. The highest BCUT2D eigenvalue weighted by Gasteiger charge is 2.39. The van der Waals surface area contributed by atoms with Crippen LogP contribution < -0.4 is 0 Å². The number of rotatable bonds is 3. The number of carboxylic acid groups (broad SMARTS) is 1. The standard InChI is InChI=1S/C17H23FO2S/c1-17(2,3)11-7-8-14(16(19)20)15(9-11)21-13-6-4-5-12(18)10-13/h4-6,10-11,14-15H,7-9H2,1-3H3,(H,19,20). The molecule has 1 saturated carbocycles. The van der Waals surface area contributed by atoms with Gasteiger partial charge in [0, 0.05) is 10.1 Å². The van der Waals surface area contributed by atoms with Gasteiger partial charge in [-0.15, -0.1) is 11.8 Å². The molecule has 2 nitrogen and oxygen atoms in total. The van der Waals surface area contributed by atoms with Crippen molar-refractivity contribution < 1.29 is 14.3 Å². The minimum Gasteiger partial charge on any atom is -0.481 e. The van der Waals surface area contributed by atoms with Crippen LogP contribution in [0, 0.1) is 23.1 Å². The SMILES string of the molecule is CC(C)(C)C1CCC(C(=O)O)C(Sc2cccc(F)c2)C1. The van der Waals surface area contributed by atoms with Crippen LogP contribution in [-0.2, 0) is 4.79 Å². The van der Waals surface area contributed by atoms with Crippen molar-refractivity contribution in [1.29, 1.82) is 0 Å². The Kier molecular flexibility index (Phi) is 4.97. The number of benzene rings is 1. The van der Waals surface area contributed by atoms with Gasteiger partial charge in [0.2, 0.25) is 0 Å². The summed E-state index contributed by atoms with van der Waals surface area (Å²) in [6.45, 7) is 6.63. The molecule has 2 rings (SSSR count). The molecule has 1 aromatic carbocycles. The van der Waals surface area contributed by atoms with Gasteiger partial charge in [-0.05, 0) is 48.8 Å². The van der Waals surface area contributed by atoms with Gasteiger partial charge in [0.25, 0.3) is 0 Å². The Hall–Kier alpha value is -1.03. The zero-order valence-corrected chi connectivity index (χ0v) is 13.6. The maximum atomic E-state index is 13.3. The highest BCUT2D eigenvalue weighted by atomic mass is 32.2. The third-order valence-corrected chi connectivity index (χ3v) is 5.77. The summed E-state index contributed by atoms with van der Waals surface area (Å²) in [5.41, 5.74) is 0.185. The van der Waals surface area contributed by atoms with E-state index in [4.69, 9.17) is 0 Å². The third-order valence-electron chi connectivity index (χ3n) is 4.42. The normalized spacial score (nSPS) is 26.6. The molecule has 1 aliphatic rings. The van der Waals surface area contributed by atoms with Gasteiger partial charge >= 0.3 is 5.97 Å². The number of hydrogen-bond acceptors (Lipinski definition) is 2. The Morgan fingerprint density at radius 3 is 2.62 bits per heavy atom. The lowest BCUT2D eigenvalue weighted by Crippen LogP contribution is -2.37. The molecule has 21 heavy (non-hydrogen) atoms. The molecule has 1 N–H and O–H groups in total. The predicted octanol–water partition coefficient (Wildman–Crippen LogP) is 4.83. The molecule has 0 aromatic heterocycles. The Morgan fingerprint density at radius 2 is 2.05 bits per heavy atom. The van der Waals surface area contributed by atoms with E-state index < -0.39 is 5.97 Å². The average molecular weight is 310 g/mol. The minimum absolute atomic E-state index is 0.0160. The van der Waals surface area contributed by atoms with E-state index in [1.165, 1.54) is 23.9 Å². The summed E-state index contributed by atoms with van der Waals surface area (Å²) in [7, 11) is 0. The van der Waals surface area contributed by atoms with Crippen LogP contribution in [0.5, 0.6) is 0 Å². The van der Waals surface area contributed by atoms with Gasteiger partial charge in [0.05, 0.1) is 5.92 Å². The summed E-state index contributed by atoms with van der Waals surface area (Å²) in [5, 5.41) is 9.46. The van der Waals surface area contributed by atoms with Crippen molar-refractivity contribution in [3.05, 3.63) is 30.1 Å². The Morgan fingerprint density at radius 1 is 1.33 bits per heavy atom. The fourth-order valence-electron chi connectivity index (χ4n) is 3.04. The maximum Gasteiger partial charge on any atom is 0.307 e. The second-order valence-corrected chi connectivity index (χ2v) is 8.25. The molecule has 0 bridgehead atoms. The minimum atomic E-state index is -0.726. The lowest BCUT2D eigenvalue weighted by molar-refractivity contribution is -0.143. The number of halogens is 1. The van der Waals surface area contributed by atoms with Crippen molar-refractivity contribution in [1.82, 2.24) is 0 Å². The number of carbonyl (C=O) groups is 1. The summed E-state index contributed by atoms with van der Waals surface area (Å²) in [4.78, 5) is 12.3. The molecule has 0 heterocycles. The third kappa shape index (κ3) is 4.22. The molecule has 3 atom stereocenters. The van der Waals surface area contributed by atoms with E-state index >= 15 is 0 Å². The zero-order valence-electron chi connectivity index (χ0n) is 12.8. The number of thioether (sulfide) groups is 1. The van der Waals surface area contributed by atoms with Crippen molar-refractivity contribution in [3.8, 4) is 0 Å². The first-order chi connectivity index (χ1) is 9.77. The van der Waals surface area contributed by atoms with Gasteiger partial charge in [-0.1, -0.05) is 26.8 Å². The van der Waals surface area contributed by atoms with E-state index in [9.17, 15) is 14.3 Å². The molecule has 3 unspecified atom stereocenters. The van der Waals surface area contributed by atoms with E-state index in [1.54, 1.807) is 6.07 Å². The van der Waals surface area contributed by atoms with Gasteiger partial charge in [-0.3, -0.25) is 4.79 Å². The highest BCUT2D eigenvalue weighted by Crippen LogP contribution is 2.45. The first kappa shape index (κ1) is 16.3. The fourth-order valence-corrected chi connectivity index (χ4v) is 4.48. The van der Waals surface area contributed by atoms with Crippen molar-refractivity contribution >= 4 is 17.7 Å². The molecule has 0 saturated heterocycles. The Bertz CT molecular complexity index is 510. The summed E-state index contributed by atoms with van der Waals surface area (Å²) in [5.74, 6) is -0.817. The molecule has 1 aliphatic carbocycles. The van der Waals surface area contributed by atoms with Crippen molar-refractivity contribution in [2.75, 3.05) is 0 Å². The average Bonchev–Trinajstić information content (AvgIpc) is 2.37. The smallest absolute Gasteiger partial charge is 0.307 e. The van der Waals surface area contributed by atoms with Gasteiger partial charge in [-0.2, -0.15) is 0 Å². The van der Waals surface area contributed by atoms with E-state index in [-0.39, 0.29) is 22.4 Å². The maximum absolute atomic E-state index is 13.3. The first-order valence-corrected chi connectivity index (χ1v) is 8.30. The molecule has 0 radical (unpaired) electrons. The van der Waals surface area contributed by atoms with Crippen LogP contribution in [0.2, 0.25) is 0 Å². The monoisotopic (exact) mass is 310 g/mol. The summed E-state index contributed by atoms with van der Waals surface area (Å²) in [6.07, 6.45) is 2.55. The molecule has 1 aromatic rings. The number of hydrogen-bond donors (Lipinski definition) is 1. The Balaban J connectivity index is 2.16. The molecule has 1 fully saturated rings. The number of carboxylic acids is 1. The second-order valence-electron chi connectivity index (χ2n) is 6.93. The lowest BCUT2D eigenvalue weighted by atomic mass is 9.69. The first-order valence-electron chi connectivity index (χ1n) is 7.42. The van der Waals surface area contributed by atoms with Crippen LogP contribution in [0.4, 0.5) is 4.39 Å². The van der Waals surface area contributed by atoms with Crippen LogP contribution >= 0.6 is 11.8 Å². The van der Waals surface area contributed by atoms with Crippen LogP contribution in [0.15, 0.2) is 29.2 Å². The van der Waals surface area contributed by atoms with Gasteiger partial charge < -0.3 is 5.11 Å². The summed E-state index contributed by atoms with van der Waals surface area (Å²) >= 11 is 1.51. The molecule has 0 aliphatic heterocycles. The predicted molar refractivity (Wildman–Crippen MR) is 84.0 cm³/mol. The van der Waals surface area contributed by atoms with Crippen LogP contribution in [0.25, 0.3) is 0 Å². The quantitative estimate of drug-likeness (QED) is 0.868. The summed E-state index contributed by atoms with van der Waals surface area (Å²) in [6, 6.07) is 6.44. The second kappa shape index (κ2) is 6.39. The van der Waals surface area contributed by atoms with E-state index in [1.807, 2.05) is 6.07 Å². The van der Waals surface area contributed by atoms with Gasteiger partial charge in [0.15, 0.2) is 0 Å². The van der Waals surface area contributed by atoms with E-state index in [0.717, 1.165) is 17.7 Å². The van der Waals surface area contributed by atoms with Crippen molar-refractivity contribution in [3.63, 3.8) is 0 Å². The molecule has 116 valence electrons.